The van der Waals surface area contributed by atoms with Gasteiger partial charge in [-0.2, -0.15) is 0 Å². The van der Waals surface area contributed by atoms with Crippen LogP contribution in [0, 0.1) is 5.92 Å². The third kappa shape index (κ3) is 1.08. The predicted molar refractivity (Wildman–Crippen MR) is 41.0 cm³/mol. The van der Waals surface area contributed by atoms with E-state index < -0.39 is 0 Å². The van der Waals surface area contributed by atoms with Gasteiger partial charge in [-0.25, -0.2) is 0 Å². The second-order valence-corrected chi connectivity index (χ2v) is 3.26. The molecule has 3 unspecified atom stereocenters. The maximum atomic E-state index is 3.58. The van der Waals surface area contributed by atoms with E-state index in [9.17, 15) is 0 Å². The zero-order valence-corrected chi connectivity index (χ0v) is 6.58. The van der Waals surface area contributed by atoms with Crippen molar-refractivity contribution >= 4 is 12.4 Å². The van der Waals surface area contributed by atoms with E-state index in [1.54, 1.807) is 0 Å². The first-order valence-electron chi connectivity index (χ1n) is 3.62. The van der Waals surface area contributed by atoms with E-state index in [0.29, 0.717) is 0 Å². The fourth-order valence-corrected chi connectivity index (χ4v) is 2.10. The molecule has 2 heterocycles. The molecule has 0 aromatic carbocycles. The van der Waals surface area contributed by atoms with Crippen LogP contribution in [0.25, 0.3) is 0 Å². The number of fused-ring (bicyclic) bond motifs is 2. The summed E-state index contributed by atoms with van der Waals surface area (Å²) < 4.78 is 0. The summed E-state index contributed by atoms with van der Waals surface area (Å²) in [7, 11) is 0. The van der Waals surface area contributed by atoms with Crippen molar-refractivity contribution in [2.24, 2.45) is 5.92 Å². The van der Waals surface area contributed by atoms with Crippen LogP contribution in [-0.2, 0) is 0 Å². The lowest BCUT2D eigenvalue weighted by Crippen LogP contribution is -2.20. The molecule has 0 aromatic heterocycles. The molecule has 0 aromatic rings. The fraction of sp³-hybridized carbons (Fsp3) is 1.00. The molecule has 0 radical (unpaired) electrons. The summed E-state index contributed by atoms with van der Waals surface area (Å²) in [6.45, 7) is 2.36. The highest BCUT2D eigenvalue weighted by molar-refractivity contribution is 5.85. The van der Waals surface area contributed by atoms with Gasteiger partial charge in [0.05, 0.1) is 0 Å². The summed E-state index contributed by atoms with van der Waals surface area (Å²) in [5.41, 5.74) is 0. The van der Waals surface area contributed by atoms with Crippen LogP contribution in [0.15, 0.2) is 0 Å². The SMILES string of the molecule is CC1CC2CCC1N2.Cl. The summed E-state index contributed by atoms with van der Waals surface area (Å²) in [4.78, 5) is 0. The number of hydrogen-bond donors (Lipinski definition) is 1. The van der Waals surface area contributed by atoms with Gasteiger partial charge in [0, 0.05) is 12.1 Å². The first kappa shape index (κ1) is 7.36. The maximum Gasteiger partial charge on any atom is 0.00964 e. The Kier molecular flexibility index (Phi) is 2.02. The topological polar surface area (TPSA) is 12.0 Å². The van der Waals surface area contributed by atoms with E-state index in [1.165, 1.54) is 19.3 Å². The second-order valence-electron chi connectivity index (χ2n) is 3.26. The predicted octanol–water partition coefficient (Wildman–Crippen LogP) is 1.57. The van der Waals surface area contributed by atoms with Crippen LogP contribution in [0.3, 0.4) is 0 Å². The Morgan fingerprint density at radius 2 is 2.11 bits per heavy atom. The Morgan fingerprint density at radius 3 is 2.33 bits per heavy atom. The van der Waals surface area contributed by atoms with Crippen LogP contribution in [0.1, 0.15) is 26.2 Å². The molecule has 2 heteroatoms. The minimum Gasteiger partial charge on any atom is -0.311 e. The third-order valence-electron chi connectivity index (χ3n) is 2.62. The molecule has 0 aliphatic carbocycles. The minimum atomic E-state index is 0. The molecule has 2 saturated heterocycles. The first-order chi connectivity index (χ1) is 3.86. The standard InChI is InChI=1S/C7H13N.ClH/c1-5-4-6-2-3-7(5)8-6;/h5-8H,2-4H2,1H3;1H. The fourth-order valence-electron chi connectivity index (χ4n) is 2.10. The van der Waals surface area contributed by atoms with E-state index in [1.807, 2.05) is 0 Å². The number of rotatable bonds is 0. The van der Waals surface area contributed by atoms with E-state index in [0.717, 1.165) is 18.0 Å². The van der Waals surface area contributed by atoms with Crippen molar-refractivity contribution in [3.63, 3.8) is 0 Å². The zero-order chi connectivity index (χ0) is 5.56. The average Bonchev–Trinajstić information content (AvgIpc) is 2.23. The van der Waals surface area contributed by atoms with Crippen LogP contribution >= 0.6 is 12.4 Å². The average molecular weight is 148 g/mol. The molecule has 0 spiro atoms. The molecule has 2 bridgehead atoms. The maximum absolute atomic E-state index is 3.58. The molecule has 1 nitrogen and oxygen atoms in total. The summed E-state index contributed by atoms with van der Waals surface area (Å²) in [6.07, 6.45) is 4.31. The molecule has 2 rings (SSSR count). The Bertz CT molecular complexity index is 103. The van der Waals surface area contributed by atoms with Crippen molar-refractivity contribution in [1.29, 1.82) is 0 Å². The van der Waals surface area contributed by atoms with Gasteiger partial charge >= 0.3 is 0 Å². The molecule has 1 N–H and O–H groups in total. The summed E-state index contributed by atoms with van der Waals surface area (Å²) in [5, 5.41) is 3.58. The number of nitrogens with one attached hydrogen (secondary N) is 1. The van der Waals surface area contributed by atoms with Gasteiger partial charge in [0.2, 0.25) is 0 Å². The van der Waals surface area contributed by atoms with Crippen molar-refractivity contribution in [2.45, 2.75) is 38.3 Å². The van der Waals surface area contributed by atoms with Crippen molar-refractivity contribution in [1.82, 2.24) is 5.32 Å². The highest BCUT2D eigenvalue weighted by atomic mass is 35.5. The highest BCUT2D eigenvalue weighted by Gasteiger charge is 2.35. The zero-order valence-electron chi connectivity index (χ0n) is 5.76. The van der Waals surface area contributed by atoms with Crippen LogP contribution in [0.4, 0.5) is 0 Å². The van der Waals surface area contributed by atoms with Gasteiger partial charge in [-0.1, -0.05) is 6.92 Å². The van der Waals surface area contributed by atoms with Gasteiger partial charge in [0.25, 0.3) is 0 Å². The van der Waals surface area contributed by atoms with Crippen LogP contribution in [0.2, 0.25) is 0 Å². The Morgan fingerprint density at radius 1 is 1.33 bits per heavy atom. The highest BCUT2D eigenvalue weighted by Crippen LogP contribution is 2.32. The van der Waals surface area contributed by atoms with Gasteiger partial charge < -0.3 is 5.32 Å². The van der Waals surface area contributed by atoms with E-state index in [-0.39, 0.29) is 12.4 Å². The summed E-state index contributed by atoms with van der Waals surface area (Å²) in [6, 6.07) is 1.79. The molecule has 3 atom stereocenters. The van der Waals surface area contributed by atoms with E-state index >= 15 is 0 Å². The quantitative estimate of drug-likeness (QED) is 0.549. The lowest BCUT2D eigenvalue weighted by Gasteiger charge is -2.13. The molecule has 2 aliphatic rings. The molecular weight excluding hydrogens is 134 g/mol. The molecule has 0 saturated carbocycles. The lowest BCUT2D eigenvalue weighted by molar-refractivity contribution is 0.439. The second kappa shape index (κ2) is 2.47. The van der Waals surface area contributed by atoms with Crippen molar-refractivity contribution in [3.8, 4) is 0 Å². The van der Waals surface area contributed by atoms with Crippen molar-refractivity contribution in [2.75, 3.05) is 0 Å². The van der Waals surface area contributed by atoms with Crippen molar-refractivity contribution in [3.05, 3.63) is 0 Å². The Hall–Kier alpha value is 0.250. The largest absolute Gasteiger partial charge is 0.311 e. The van der Waals surface area contributed by atoms with Crippen LogP contribution in [0.5, 0.6) is 0 Å². The first-order valence-corrected chi connectivity index (χ1v) is 3.62. The molecule has 54 valence electrons. The lowest BCUT2D eigenvalue weighted by atomic mass is 9.91. The van der Waals surface area contributed by atoms with Gasteiger partial charge in [-0.15, -0.1) is 12.4 Å². The number of halogens is 1. The van der Waals surface area contributed by atoms with Gasteiger partial charge in [0.1, 0.15) is 0 Å². The Labute approximate surface area is 62.6 Å². The Balaban J connectivity index is 0.000000405. The van der Waals surface area contributed by atoms with Crippen LogP contribution < -0.4 is 5.32 Å². The normalized spacial score (nSPS) is 47.0. The van der Waals surface area contributed by atoms with Gasteiger partial charge in [-0.3, -0.25) is 0 Å². The van der Waals surface area contributed by atoms with Crippen LogP contribution in [-0.4, -0.2) is 12.1 Å². The molecule has 2 aliphatic heterocycles. The molecule has 2 fully saturated rings. The smallest absolute Gasteiger partial charge is 0.00964 e. The minimum absolute atomic E-state index is 0. The van der Waals surface area contributed by atoms with Gasteiger partial charge in [-0.05, 0) is 25.2 Å². The summed E-state index contributed by atoms with van der Waals surface area (Å²) in [5.74, 6) is 0.966. The van der Waals surface area contributed by atoms with Gasteiger partial charge in [0.15, 0.2) is 0 Å². The molecule has 0 amide bonds. The monoisotopic (exact) mass is 147 g/mol. The third-order valence-corrected chi connectivity index (χ3v) is 2.62. The summed E-state index contributed by atoms with van der Waals surface area (Å²) >= 11 is 0. The number of hydrogen-bond acceptors (Lipinski definition) is 1. The van der Waals surface area contributed by atoms with E-state index in [2.05, 4.69) is 12.2 Å². The van der Waals surface area contributed by atoms with E-state index in [4.69, 9.17) is 0 Å². The molecular formula is C7H14ClN. The molecule has 9 heavy (non-hydrogen) atoms. The van der Waals surface area contributed by atoms with Crippen molar-refractivity contribution < 1.29 is 0 Å².